The Labute approximate surface area is 110 Å². The molecular formula is C13H17F2NO3. The van der Waals surface area contributed by atoms with Crippen LogP contribution in [0.2, 0.25) is 0 Å². The van der Waals surface area contributed by atoms with Gasteiger partial charge in [-0.15, -0.1) is 0 Å². The third-order valence-corrected chi connectivity index (χ3v) is 2.89. The number of carbonyl (C=O) groups excluding carboxylic acids is 1. The maximum absolute atomic E-state index is 12.0. The molecule has 106 valence electrons. The van der Waals surface area contributed by atoms with Crippen LogP contribution in [0.4, 0.5) is 8.78 Å². The van der Waals surface area contributed by atoms with Crippen molar-refractivity contribution in [3.63, 3.8) is 0 Å². The molecule has 0 saturated heterocycles. The van der Waals surface area contributed by atoms with Gasteiger partial charge < -0.3 is 15.2 Å². The Bertz CT molecular complexity index is 416. The van der Waals surface area contributed by atoms with Crippen LogP contribution in [0.1, 0.15) is 30.6 Å². The van der Waals surface area contributed by atoms with Crippen LogP contribution >= 0.6 is 0 Å². The molecule has 1 amide bonds. The van der Waals surface area contributed by atoms with Crippen LogP contribution < -0.4 is 10.1 Å². The number of nitrogens with one attached hydrogen (secondary N) is 1. The number of aliphatic hydroxyl groups is 1. The van der Waals surface area contributed by atoms with Gasteiger partial charge in [-0.3, -0.25) is 4.79 Å². The molecule has 0 fully saturated rings. The lowest BCUT2D eigenvalue weighted by molar-refractivity contribution is -0.0498. The predicted octanol–water partition coefficient (Wildman–Crippen LogP) is 2.18. The highest BCUT2D eigenvalue weighted by Crippen LogP contribution is 2.16. The third-order valence-electron chi connectivity index (χ3n) is 2.89. The van der Waals surface area contributed by atoms with E-state index in [1.165, 1.54) is 24.3 Å². The minimum Gasteiger partial charge on any atom is -0.435 e. The average Bonchev–Trinajstić information content (AvgIpc) is 2.38. The van der Waals surface area contributed by atoms with E-state index in [1.54, 1.807) is 6.92 Å². The molecule has 0 aliphatic carbocycles. The summed E-state index contributed by atoms with van der Waals surface area (Å²) in [4.78, 5) is 11.9. The first-order chi connectivity index (χ1) is 8.90. The first-order valence-corrected chi connectivity index (χ1v) is 5.88. The van der Waals surface area contributed by atoms with Gasteiger partial charge in [0, 0.05) is 5.56 Å². The van der Waals surface area contributed by atoms with Crippen LogP contribution in [-0.4, -0.2) is 29.8 Å². The standard InChI is InChI=1S/C13H17F2NO3/c1-3-13(2,8-17)16-11(18)9-4-6-10(7-5-9)19-12(14)15/h4-7,12,17H,3,8H2,1-2H3,(H,16,18). The van der Waals surface area contributed by atoms with Crippen molar-refractivity contribution < 1.29 is 23.4 Å². The topological polar surface area (TPSA) is 58.6 Å². The van der Waals surface area contributed by atoms with E-state index in [0.717, 1.165) is 0 Å². The van der Waals surface area contributed by atoms with Crippen LogP contribution in [0.15, 0.2) is 24.3 Å². The molecule has 0 aromatic heterocycles. The summed E-state index contributed by atoms with van der Waals surface area (Å²) in [6, 6.07) is 5.37. The van der Waals surface area contributed by atoms with Crippen molar-refractivity contribution in [1.29, 1.82) is 0 Å². The number of hydrogen-bond donors (Lipinski definition) is 2. The number of aliphatic hydroxyl groups excluding tert-OH is 1. The van der Waals surface area contributed by atoms with Crippen molar-refractivity contribution in [3.05, 3.63) is 29.8 Å². The summed E-state index contributed by atoms with van der Waals surface area (Å²) < 4.78 is 28.1. The molecule has 0 radical (unpaired) electrons. The minimum atomic E-state index is -2.89. The van der Waals surface area contributed by atoms with Gasteiger partial charge in [0.2, 0.25) is 0 Å². The lowest BCUT2D eigenvalue weighted by Crippen LogP contribution is -2.48. The number of benzene rings is 1. The Hall–Kier alpha value is -1.69. The molecular weight excluding hydrogens is 256 g/mol. The summed E-state index contributed by atoms with van der Waals surface area (Å²) in [6.45, 7) is 0.495. The van der Waals surface area contributed by atoms with Crippen molar-refractivity contribution in [2.75, 3.05) is 6.61 Å². The lowest BCUT2D eigenvalue weighted by atomic mass is 9.99. The smallest absolute Gasteiger partial charge is 0.387 e. The van der Waals surface area contributed by atoms with Gasteiger partial charge in [0.05, 0.1) is 12.1 Å². The van der Waals surface area contributed by atoms with Gasteiger partial charge in [0.25, 0.3) is 5.91 Å². The first kappa shape index (κ1) is 15.4. The normalized spacial score (nSPS) is 14.0. The molecule has 0 aliphatic heterocycles. The summed E-state index contributed by atoms with van der Waals surface area (Å²) in [5.74, 6) is -0.381. The molecule has 0 aliphatic rings. The fourth-order valence-corrected chi connectivity index (χ4v) is 1.37. The molecule has 0 heterocycles. The van der Waals surface area contributed by atoms with Crippen LogP contribution in [-0.2, 0) is 0 Å². The summed E-state index contributed by atoms with van der Waals surface area (Å²) in [5, 5.41) is 11.9. The van der Waals surface area contributed by atoms with Gasteiger partial charge >= 0.3 is 6.61 Å². The number of hydrogen-bond acceptors (Lipinski definition) is 3. The number of carbonyl (C=O) groups is 1. The van der Waals surface area contributed by atoms with Crippen LogP contribution in [0, 0.1) is 0 Å². The van der Waals surface area contributed by atoms with Gasteiger partial charge in [-0.05, 0) is 37.6 Å². The van der Waals surface area contributed by atoms with E-state index in [-0.39, 0.29) is 18.3 Å². The monoisotopic (exact) mass is 273 g/mol. The Kier molecular flexibility index (Phi) is 5.23. The number of amides is 1. The van der Waals surface area contributed by atoms with E-state index in [9.17, 15) is 18.7 Å². The second-order valence-electron chi connectivity index (χ2n) is 4.43. The van der Waals surface area contributed by atoms with Crippen molar-refractivity contribution in [2.24, 2.45) is 0 Å². The highest BCUT2D eigenvalue weighted by molar-refractivity contribution is 5.94. The summed E-state index contributed by atoms with van der Waals surface area (Å²) in [5.41, 5.74) is -0.385. The Balaban J connectivity index is 2.73. The average molecular weight is 273 g/mol. The van der Waals surface area contributed by atoms with Gasteiger partial charge in [-0.2, -0.15) is 8.78 Å². The van der Waals surface area contributed by atoms with Gasteiger partial charge in [0.15, 0.2) is 0 Å². The molecule has 1 atom stereocenters. The van der Waals surface area contributed by atoms with Crippen LogP contribution in [0.25, 0.3) is 0 Å². The maximum Gasteiger partial charge on any atom is 0.387 e. The zero-order valence-electron chi connectivity index (χ0n) is 10.8. The zero-order valence-corrected chi connectivity index (χ0v) is 10.8. The minimum absolute atomic E-state index is 0.00744. The molecule has 2 N–H and O–H groups in total. The molecule has 1 rings (SSSR count). The predicted molar refractivity (Wildman–Crippen MR) is 66.3 cm³/mol. The van der Waals surface area contributed by atoms with Gasteiger partial charge in [-0.1, -0.05) is 6.92 Å². The van der Waals surface area contributed by atoms with Crippen LogP contribution in [0.5, 0.6) is 5.75 Å². The number of halogens is 2. The van der Waals surface area contributed by atoms with Crippen molar-refractivity contribution >= 4 is 5.91 Å². The largest absolute Gasteiger partial charge is 0.435 e. The van der Waals surface area contributed by atoms with E-state index in [1.807, 2.05) is 6.92 Å². The fourth-order valence-electron chi connectivity index (χ4n) is 1.37. The maximum atomic E-state index is 12.0. The summed E-state index contributed by atoms with van der Waals surface area (Å²) in [6.07, 6.45) is 0.571. The summed E-state index contributed by atoms with van der Waals surface area (Å²) in [7, 11) is 0. The molecule has 6 heteroatoms. The van der Waals surface area contributed by atoms with Crippen LogP contribution in [0.3, 0.4) is 0 Å². The number of rotatable bonds is 6. The van der Waals surface area contributed by atoms with E-state index >= 15 is 0 Å². The van der Waals surface area contributed by atoms with Crippen molar-refractivity contribution in [1.82, 2.24) is 5.32 Å². The number of alkyl halides is 2. The highest BCUT2D eigenvalue weighted by Gasteiger charge is 2.23. The molecule has 0 bridgehead atoms. The quantitative estimate of drug-likeness (QED) is 0.835. The Morgan fingerprint density at radius 1 is 1.42 bits per heavy atom. The second kappa shape index (κ2) is 6.47. The highest BCUT2D eigenvalue weighted by atomic mass is 19.3. The molecule has 0 spiro atoms. The molecule has 1 unspecified atom stereocenters. The zero-order chi connectivity index (χ0) is 14.5. The Morgan fingerprint density at radius 3 is 2.42 bits per heavy atom. The fraction of sp³-hybridized carbons (Fsp3) is 0.462. The van der Waals surface area contributed by atoms with Crippen molar-refractivity contribution in [3.8, 4) is 5.75 Å². The van der Waals surface area contributed by atoms with Gasteiger partial charge in [-0.25, -0.2) is 0 Å². The Morgan fingerprint density at radius 2 is 2.00 bits per heavy atom. The van der Waals surface area contributed by atoms with E-state index < -0.39 is 12.2 Å². The SMILES string of the molecule is CCC(C)(CO)NC(=O)c1ccc(OC(F)F)cc1. The van der Waals surface area contributed by atoms with E-state index in [4.69, 9.17) is 0 Å². The second-order valence-corrected chi connectivity index (χ2v) is 4.43. The number of ether oxygens (including phenoxy) is 1. The molecule has 19 heavy (non-hydrogen) atoms. The van der Waals surface area contributed by atoms with Gasteiger partial charge in [0.1, 0.15) is 5.75 Å². The third kappa shape index (κ3) is 4.48. The molecule has 4 nitrogen and oxygen atoms in total. The first-order valence-electron chi connectivity index (χ1n) is 5.88. The summed E-state index contributed by atoms with van der Waals surface area (Å²) >= 11 is 0. The van der Waals surface area contributed by atoms with Crippen molar-refractivity contribution in [2.45, 2.75) is 32.4 Å². The lowest BCUT2D eigenvalue weighted by Gasteiger charge is -2.27. The molecule has 0 saturated carbocycles. The molecule has 1 aromatic carbocycles. The molecule has 1 aromatic rings. The van der Waals surface area contributed by atoms with E-state index in [2.05, 4.69) is 10.1 Å². The van der Waals surface area contributed by atoms with E-state index in [0.29, 0.717) is 12.0 Å².